The van der Waals surface area contributed by atoms with E-state index >= 15 is 0 Å². The highest BCUT2D eigenvalue weighted by Crippen LogP contribution is 2.21. The van der Waals surface area contributed by atoms with E-state index in [0.717, 1.165) is 0 Å². The van der Waals surface area contributed by atoms with Gasteiger partial charge in [-0.2, -0.15) is 0 Å². The van der Waals surface area contributed by atoms with Crippen LogP contribution in [0.1, 0.15) is 27.7 Å². The van der Waals surface area contributed by atoms with Crippen molar-refractivity contribution in [2.24, 2.45) is 11.8 Å². The van der Waals surface area contributed by atoms with Crippen LogP contribution in [0.25, 0.3) is 0 Å². The number of hydrogen-bond donors (Lipinski definition) is 0. The molecule has 3 nitrogen and oxygen atoms in total. The monoisotopic (exact) mass is 219 g/mol. The van der Waals surface area contributed by atoms with Gasteiger partial charge in [-0.1, -0.05) is 27.7 Å². The summed E-state index contributed by atoms with van der Waals surface area (Å²) in [4.78, 5) is 13.3. The molecule has 0 bridgehead atoms. The lowest BCUT2D eigenvalue weighted by atomic mass is 10.1. The topological polar surface area (TPSA) is 37.4 Å². The van der Waals surface area contributed by atoms with Gasteiger partial charge in [0, 0.05) is 13.1 Å². The van der Waals surface area contributed by atoms with Crippen molar-refractivity contribution in [2.75, 3.05) is 19.8 Å². The fourth-order valence-corrected chi connectivity index (χ4v) is 1.97. The van der Waals surface area contributed by atoms with Crippen LogP contribution in [0.3, 0.4) is 0 Å². The molecule has 4 heteroatoms. The normalized spacial score (nSPS) is 13.4. The first kappa shape index (κ1) is 13.7. The molecule has 0 heterocycles. The van der Waals surface area contributed by atoms with Crippen molar-refractivity contribution >= 4 is 13.4 Å². The molecule has 0 aromatic heterocycles. The molecule has 1 unspecified atom stereocenters. The molecule has 1 atom stereocenters. The van der Waals surface area contributed by atoms with Crippen LogP contribution in [0, 0.1) is 11.8 Å². The molecule has 0 aliphatic rings. The van der Waals surface area contributed by atoms with Crippen LogP contribution in [-0.2, 0) is 4.57 Å². The summed E-state index contributed by atoms with van der Waals surface area (Å²) in [5.74, 6) is 0.859. The molecular formula is C10H22NO2P. The lowest BCUT2D eigenvalue weighted by Crippen LogP contribution is -2.34. The Kier molecular flexibility index (Phi) is 6.10. The molecular weight excluding hydrogens is 197 g/mol. The van der Waals surface area contributed by atoms with Crippen LogP contribution in [0.2, 0.25) is 0 Å². The summed E-state index contributed by atoms with van der Waals surface area (Å²) in [5.41, 5.74) is -0.169. The summed E-state index contributed by atoms with van der Waals surface area (Å²) in [6.45, 7) is 11.2. The summed E-state index contributed by atoms with van der Waals surface area (Å²) >= 11 is 0. The molecule has 0 aliphatic carbocycles. The van der Waals surface area contributed by atoms with Gasteiger partial charge in [0.2, 0.25) is 0 Å². The molecule has 0 spiro atoms. The van der Waals surface area contributed by atoms with Gasteiger partial charge in [0.15, 0.2) is 7.80 Å². The van der Waals surface area contributed by atoms with E-state index in [1.165, 1.54) is 6.66 Å². The number of nitrogens with zero attached hydrogens (tertiary/aromatic N) is 1. The van der Waals surface area contributed by atoms with E-state index in [4.69, 9.17) is 0 Å². The van der Waals surface area contributed by atoms with Gasteiger partial charge in [-0.3, -0.25) is 4.79 Å². The minimum atomic E-state index is -2.06. The van der Waals surface area contributed by atoms with Crippen molar-refractivity contribution in [2.45, 2.75) is 27.7 Å². The standard InChI is InChI=1S/C10H22NO2P/c1-8(2)6-11(7-9(3)4)10(12)14(5)13/h8-9,14H,6-7H2,1-5H3. The summed E-state index contributed by atoms with van der Waals surface area (Å²) in [6, 6.07) is 0. The SMILES string of the molecule is CC(C)CN(CC(C)C)C(=O)[PH](C)=O. The molecule has 1 amide bonds. The molecule has 0 radical (unpaired) electrons. The maximum atomic E-state index is 11.6. The molecule has 0 rings (SSSR count). The second-order valence-electron chi connectivity index (χ2n) is 4.55. The van der Waals surface area contributed by atoms with Crippen molar-refractivity contribution in [3.8, 4) is 0 Å². The van der Waals surface area contributed by atoms with Gasteiger partial charge in [0.05, 0.1) is 0 Å². The van der Waals surface area contributed by atoms with Gasteiger partial charge in [-0.05, 0) is 18.5 Å². The predicted molar refractivity (Wildman–Crippen MR) is 61.6 cm³/mol. The third-order valence-electron chi connectivity index (χ3n) is 1.76. The third kappa shape index (κ3) is 5.43. The first-order valence-corrected chi connectivity index (χ1v) is 7.05. The highest BCUT2D eigenvalue weighted by atomic mass is 31.1. The number of carbonyl (C=O) groups excluding carboxylic acids is 1. The second kappa shape index (κ2) is 6.23. The molecule has 0 saturated carbocycles. The van der Waals surface area contributed by atoms with Crippen LogP contribution in [0.5, 0.6) is 0 Å². The van der Waals surface area contributed by atoms with E-state index in [0.29, 0.717) is 24.9 Å². The fraction of sp³-hybridized carbons (Fsp3) is 0.900. The zero-order valence-electron chi connectivity index (χ0n) is 9.83. The van der Waals surface area contributed by atoms with Crippen LogP contribution in [0.15, 0.2) is 0 Å². The van der Waals surface area contributed by atoms with Crippen molar-refractivity contribution in [3.63, 3.8) is 0 Å². The van der Waals surface area contributed by atoms with Gasteiger partial charge in [-0.25, -0.2) is 0 Å². The van der Waals surface area contributed by atoms with Crippen molar-refractivity contribution in [3.05, 3.63) is 0 Å². The van der Waals surface area contributed by atoms with Crippen LogP contribution in [-0.4, -0.2) is 30.3 Å². The highest BCUT2D eigenvalue weighted by Gasteiger charge is 2.18. The number of carbonyl (C=O) groups is 1. The van der Waals surface area contributed by atoms with E-state index in [2.05, 4.69) is 27.7 Å². The van der Waals surface area contributed by atoms with Crippen LogP contribution < -0.4 is 0 Å². The molecule has 0 N–H and O–H groups in total. The molecule has 0 aromatic rings. The van der Waals surface area contributed by atoms with Crippen molar-refractivity contribution < 1.29 is 9.36 Å². The van der Waals surface area contributed by atoms with E-state index in [1.807, 2.05) is 0 Å². The molecule has 0 fully saturated rings. The number of rotatable bonds is 5. The van der Waals surface area contributed by atoms with E-state index in [-0.39, 0.29) is 5.65 Å². The highest BCUT2D eigenvalue weighted by molar-refractivity contribution is 7.62. The lowest BCUT2D eigenvalue weighted by Gasteiger charge is -2.25. The Hall–Kier alpha value is -0.300. The molecule has 0 aromatic carbocycles. The Balaban J connectivity index is 4.38. The van der Waals surface area contributed by atoms with Gasteiger partial charge in [0.1, 0.15) is 0 Å². The lowest BCUT2D eigenvalue weighted by molar-refractivity contribution is 0.206. The Morgan fingerprint density at radius 1 is 1.14 bits per heavy atom. The summed E-state index contributed by atoms with van der Waals surface area (Å²) < 4.78 is 11.1. The quantitative estimate of drug-likeness (QED) is 0.667. The average Bonchev–Trinajstić information content (AvgIpc) is 1.99. The van der Waals surface area contributed by atoms with Crippen molar-refractivity contribution in [1.29, 1.82) is 0 Å². The van der Waals surface area contributed by atoms with Crippen molar-refractivity contribution in [1.82, 2.24) is 4.90 Å². The zero-order valence-corrected chi connectivity index (χ0v) is 10.8. The molecule has 0 aliphatic heterocycles. The molecule has 14 heavy (non-hydrogen) atoms. The molecule has 84 valence electrons. The Bertz CT molecular complexity index is 204. The smallest absolute Gasteiger partial charge is 0.278 e. The number of hydrogen-bond acceptors (Lipinski definition) is 2. The fourth-order valence-electron chi connectivity index (χ4n) is 1.34. The number of amides is 1. The third-order valence-corrected chi connectivity index (χ3v) is 2.68. The zero-order chi connectivity index (χ0) is 11.3. The second-order valence-corrected chi connectivity index (χ2v) is 6.09. The van der Waals surface area contributed by atoms with Gasteiger partial charge in [-0.15, -0.1) is 0 Å². The Labute approximate surface area is 87.6 Å². The van der Waals surface area contributed by atoms with Crippen LogP contribution in [0.4, 0.5) is 4.79 Å². The summed E-state index contributed by atoms with van der Waals surface area (Å²) in [6.07, 6.45) is 0. The van der Waals surface area contributed by atoms with Gasteiger partial charge >= 0.3 is 0 Å². The first-order valence-electron chi connectivity index (χ1n) is 5.14. The van der Waals surface area contributed by atoms with Gasteiger partial charge < -0.3 is 9.46 Å². The molecule has 0 saturated heterocycles. The largest absolute Gasteiger partial charge is 0.336 e. The predicted octanol–water partition coefficient (Wildman–Crippen LogP) is 2.91. The maximum absolute atomic E-state index is 11.6. The minimum absolute atomic E-state index is 0.169. The first-order chi connectivity index (χ1) is 6.34. The average molecular weight is 219 g/mol. The van der Waals surface area contributed by atoms with E-state index in [1.54, 1.807) is 4.90 Å². The summed E-state index contributed by atoms with van der Waals surface area (Å²) in [5, 5.41) is 0. The van der Waals surface area contributed by atoms with E-state index < -0.39 is 7.80 Å². The van der Waals surface area contributed by atoms with E-state index in [9.17, 15) is 9.36 Å². The minimum Gasteiger partial charge on any atom is -0.336 e. The van der Waals surface area contributed by atoms with Crippen LogP contribution >= 0.6 is 7.80 Å². The Morgan fingerprint density at radius 2 is 1.50 bits per heavy atom. The maximum Gasteiger partial charge on any atom is 0.278 e. The Morgan fingerprint density at radius 3 is 1.71 bits per heavy atom. The van der Waals surface area contributed by atoms with Gasteiger partial charge in [0.25, 0.3) is 5.65 Å². The summed E-state index contributed by atoms with van der Waals surface area (Å²) in [7, 11) is -2.06.